The van der Waals surface area contributed by atoms with Crippen molar-refractivity contribution in [1.82, 2.24) is 0 Å². The van der Waals surface area contributed by atoms with E-state index in [4.69, 9.17) is 22.1 Å². The normalized spacial score (nSPS) is 10.2. The number of rotatable bonds is 3. The lowest BCUT2D eigenvalue weighted by atomic mass is 10.2. The van der Waals surface area contributed by atoms with Crippen molar-refractivity contribution in [2.24, 2.45) is 0 Å². The summed E-state index contributed by atoms with van der Waals surface area (Å²) in [5.74, 6) is -0.490. The molecule has 0 aliphatic carbocycles. The van der Waals surface area contributed by atoms with E-state index in [9.17, 15) is 4.79 Å². The molecule has 0 aromatic heterocycles. The average Bonchev–Trinajstić information content (AvgIpc) is 2.40. The Morgan fingerprint density at radius 1 is 1.21 bits per heavy atom. The quantitative estimate of drug-likeness (QED) is 0.677. The van der Waals surface area contributed by atoms with E-state index in [0.717, 1.165) is 10.0 Å². The fraction of sp³-hybridized carbons (Fsp3) is 0.0714. The Bertz CT molecular complexity index is 616. The van der Waals surface area contributed by atoms with Crippen molar-refractivity contribution in [3.8, 4) is 0 Å². The number of halogens is 2. The summed E-state index contributed by atoms with van der Waals surface area (Å²) in [6.45, 7) is 0.173. The zero-order chi connectivity index (χ0) is 13.8. The second-order valence-corrected chi connectivity index (χ2v) is 5.13. The Balaban J connectivity index is 2.10. The molecule has 19 heavy (non-hydrogen) atoms. The van der Waals surface area contributed by atoms with E-state index in [1.165, 1.54) is 0 Å². The van der Waals surface area contributed by atoms with Gasteiger partial charge >= 0.3 is 5.97 Å². The Labute approximate surface area is 124 Å². The van der Waals surface area contributed by atoms with Crippen LogP contribution in [0.25, 0.3) is 0 Å². The number of carbonyl (C=O) groups is 1. The number of ether oxygens (including phenoxy) is 1. The molecule has 0 fully saturated rings. The van der Waals surface area contributed by atoms with Gasteiger partial charge in [0, 0.05) is 10.0 Å². The van der Waals surface area contributed by atoms with Crippen molar-refractivity contribution in [1.29, 1.82) is 0 Å². The molecule has 0 saturated heterocycles. The van der Waals surface area contributed by atoms with Gasteiger partial charge in [-0.2, -0.15) is 0 Å². The van der Waals surface area contributed by atoms with Gasteiger partial charge in [-0.3, -0.25) is 0 Å². The summed E-state index contributed by atoms with van der Waals surface area (Å²) in [6, 6.07) is 12.4. The molecule has 2 N–H and O–H groups in total. The Morgan fingerprint density at radius 3 is 2.68 bits per heavy atom. The van der Waals surface area contributed by atoms with E-state index in [0.29, 0.717) is 5.02 Å². The van der Waals surface area contributed by atoms with E-state index in [2.05, 4.69) is 15.9 Å². The minimum Gasteiger partial charge on any atom is -0.457 e. The van der Waals surface area contributed by atoms with Crippen LogP contribution in [-0.4, -0.2) is 5.97 Å². The predicted octanol–water partition coefficient (Wildman–Crippen LogP) is 4.04. The third-order valence-electron chi connectivity index (χ3n) is 2.59. The van der Waals surface area contributed by atoms with Crippen LogP contribution in [0.15, 0.2) is 46.9 Å². The molecular formula is C14H11BrClNO2. The number of carbonyl (C=O) groups excluding carboxylic acids is 1. The van der Waals surface area contributed by atoms with Gasteiger partial charge in [-0.15, -0.1) is 0 Å². The Morgan fingerprint density at radius 2 is 1.95 bits per heavy atom. The molecule has 5 heteroatoms. The van der Waals surface area contributed by atoms with E-state index in [1.807, 2.05) is 24.3 Å². The fourth-order valence-corrected chi connectivity index (χ4v) is 2.13. The smallest absolute Gasteiger partial charge is 0.340 e. The van der Waals surface area contributed by atoms with Crippen molar-refractivity contribution in [2.75, 3.05) is 5.73 Å². The molecule has 0 radical (unpaired) electrons. The highest BCUT2D eigenvalue weighted by molar-refractivity contribution is 9.10. The summed E-state index contributed by atoms with van der Waals surface area (Å²) in [5, 5.41) is 0.343. The van der Waals surface area contributed by atoms with Crippen molar-refractivity contribution in [2.45, 2.75) is 6.61 Å². The van der Waals surface area contributed by atoms with Crippen LogP contribution in [-0.2, 0) is 11.3 Å². The molecule has 0 unspecified atom stereocenters. The van der Waals surface area contributed by atoms with Crippen LogP contribution in [0.1, 0.15) is 15.9 Å². The van der Waals surface area contributed by atoms with Gasteiger partial charge in [-0.05, 0) is 18.2 Å². The van der Waals surface area contributed by atoms with Crippen molar-refractivity contribution in [3.63, 3.8) is 0 Å². The minimum absolute atomic E-state index is 0.173. The maximum absolute atomic E-state index is 11.9. The van der Waals surface area contributed by atoms with Gasteiger partial charge in [0.15, 0.2) is 0 Å². The molecule has 0 spiro atoms. The van der Waals surface area contributed by atoms with E-state index in [-0.39, 0.29) is 17.9 Å². The second kappa shape index (κ2) is 6.08. The van der Waals surface area contributed by atoms with Gasteiger partial charge < -0.3 is 10.5 Å². The maximum Gasteiger partial charge on any atom is 0.340 e. The number of anilines is 1. The van der Waals surface area contributed by atoms with Gasteiger partial charge in [-0.1, -0.05) is 51.8 Å². The zero-order valence-corrected chi connectivity index (χ0v) is 12.2. The van der Waals surface area contributed by atoms with Gasteiger partial charge in [0.25, 0.3) is 0 Å². The Hall–Kier alpha value is -1.52. The zero-order valence-electron chi connectivity index (χ0n) is 9.90. The molecule has 0 amide bonds. The monoisotopic (exact) mass is 339 g/mol. The van der Waals surface area contributed by atoms with Crippen LogP contribution >= 0.6 is 27.5 Å². The minimum atomic E-state index is -0.490. The number of hydrogen-bond donors (Lipinski definition) is 1. The third kappa shape index (κ3) is 3.28. The average molecular weight is 341 g/mol. The van der Waals surface area contributed by atoms with Crippen molar-refractivity contribution >= 4 is 39.2 Å². The standard InChI is InChI=1S/C14H11BrClNO2/c15-11-6-2-1-4-9(11)8-19-14(18)10-5-3-7-12(16)13(10)17/h1-7H,8,17H2. The molecule has 98 valence electrons. The molecular weight excluding hydrogens is 330 g/mol. The van der Waals surface area contributed by atoms with Gasteiger partial charge in [0.2, 0.25) is 0 Å². The molecule has 2 rings (SSSR count). The lowest BCUT2D eigenvalue weighted by molar-refractivity contribution is 0.0473. The summed E-state index contributed by atoms with van der Waals surface area (Å²) in [6.07, 6.45) is 0. The van der Waals surface area contributed by atoms with Gasteiger partial charge in [-0.25, -0.2) is 4.79 Å². The first-order valence-corrected chi connectivity index (χ1v) is 6.71. The number of nitrogen functional groups attached to an aromatic ring is 1. The largest absolute Gasteiger partial charge is 0.457 e. The summed E-state index contributed by atoms with van der Waals surface area (Å²) in [5.41, 5.74) is 7.14. The SMILES string of the molecule is Nc1c(Cl)cccc1C(=O)OCc1ccccc1Br. The molecule has 0 atom stereocenters. The fourth-order valence-electron chi connectivity index (χ4n) is 1.55. The van der Waals surface area contributed by atoms with Crippen LogP contribution in [0, 0.1) is 0 Å². The van der Waals surface area contributed by atoms with E-state index >= 15 is 0 Å². The van der Waals surface area contributed by atoms with Crippen LogP contribution < -0.4 is 5.73 Å². The summed E-state index contributed by atoms with van der Waals surface area (Å²) in [4.78, 5) is 11.9. The topological polar surface area (TPSA) is 52.3 Å². The maximum atomic E-state index is 11.9. The third-order valence-corrected chi connectivity index (χ3v) is 3.69. The molecule has 0 aliphatic heterocycles. The predicted molar refractivity (Wildman–Crippen MR) is 79.1 cm³/mol. The van der Waals surface area contributed by atoms with Crippen LogP contribution in [0.3, 0.4) is 0 Å². The molecule has 0 saturated carbocycles. The summed E-state index contributed by atoms with van der Waals surface area (Å²) in [7, 11) is 0. The van der Waals surface area contributed by atoms with Crippen LogP contribution in [0.4, 0.5) is 5.69 Å². The van der Waals surface area contributed by atoms with Crippen LogP contribution in [0.5, 0.6) is 0 Å². The molecule has 0 aliphatic rings. The number of nitrogens with two attached hydrogens (primary N) is 1. The molecule has 3 nitrogen and oxygen atoms in total. The second-order valence-electron chi connectivity index (χ2n) is 3.87. The van der Waals surface area contributed by atoms with E-state index < -0.39 is 5.97 Å². The Kier molecular flexibility index (Phi) is 4.45. The first kappa shape index (κ1) is 13.9. The van der Waals surface area contributed by atoms with Gasteiger partial charge in [0.1, 0.15) is 6.61 Å². The highest BCUT2D eigenvalue weighted by atomic mass is 79.9. The van der Waals surface area contributed by atoms with Crippen molar-refractivity contribution in [3.05, 3.63) is 63.1 Å². The lowest BCUT2D eigenvalue weighted by Gasteiger charge is -2.09. The first-order valence-electron chi connectivity index (χ1n) is 5.54. The van der Waals surface area contributed by atoms with E-state index in [1.54, 1.807) is 18.2 Å². The number of para-hydroxylation sites is 1. The molecule has 0 heterocycles. The van der Waals surface area contributed by atoms with Crippen molar-refractivity contribution < 1.29 is 9.53 Å². The number of benzene rings is 2. The van der Waals surface area contributed by atoms with Gasteiger partial charge in [0.05, 0.1) is 16.3 Å². The molecule has 2 aromatic rings. The highest BCUT2D eigenvalue weighted by Crippen LogP contribution is 2.24. The first-order chi connectivity index (χ1) is 9.09. The molecule has 0 bridgehead atoms. The van der Waals surface area contributed by atoms with Crippen LogP contribution in [0.2, 0.25) is 5.02 Å². The highest BCUT2D eigenvalue weighted by Gasteiger charge is 2.13. The number of hydrogen-bond acceptors (Lipinski definition) is 3. The molecule has 2 aromatic carbocycles. The lowest BCUT2D eigenvalue weighted by Crippen LogP contribution is -2.08. The number of esters is 1. The summed E-state index contributed by atoms with van der Waals surface area (Å²) < 4.78 is 6.11. The summed E-state index contributed by atoms with van der Waals surface area (Å²) >= 11 is 9.25.